The molecule has 2 aliphatic heterocycles. The van der Waals surface area contributed by atoms with Crippen LogP contribution >= 0.6 is 0 Å². The molecule has 1 aromatic carbocycles. The Kier molecular flexibility index (Phi) is 5.78. The van der Waals surface area contributed by atoms with Gasteiger partial charge in [0.05, 0.1) is 6.61 Å². The number of aryl methyl sites for hydroxylation is 2. The summed E-state index contributed by atoms with van der Waals surface area (Å²) in [6.45, 7) is 3.87. The van der Waals surface area contributed by atoms with Gasteiger partial charge in [-0.25, -0.2) is 4.98 Å². The zero-order valence-corrected chi connectivity index (χ0v) is 16.7. The zero-order valence-electron chi connectivity index (χ0n) is 16.7. The maximum atomic E-state index is 12.6. The van der Waals surface area contributed by atoms with Crippen LogP contribution in [-0.4, -0.2) is 51.6 Å². The number of nitrogens with one attached hydrogen (secondary N) is 2. The fourth-order valence-corrected chi connectivity index (χ4v) is 3.98. The number of piperidine rings is 1. The van der Waals surface area contributed by atoms with Gasteiger partial charge in [0, 0.05) is 37.5 Å². The molecule has 0 spiro atoms. The number of H-pyrrole nitrogens is 1. The fraction of sp³-hybridized carbons (Fsp3) is 0.524. The number of likely N-dealkylation sites (tertiary alicyclic amines) is 1. The van der Waals surface area contributed by atoms with Crippen molar-refractivity contribution in [2.45, 2.75) is 51.4 Å². The number of fused-ring (bicyclic) bond motifs is 1. The lowest BCUT2D eigenvalue weighted by atomic mass is 9.97. The summed E-state index contributed by atoms with van der Waals surface area (Å²) in [6.07, 6.45) is 4.38. The van der Waals surface area contributed by atoms with Gasteiger partial charge in [-0.05, 0) is 56.4 Å². The summed E-state index contributed by atoms with van der Waals surface area (Å²) in [6, 6.07) is 5.72. The molecule has 1 aromatic heterocycles. The molecule has 0 bridgehead atoms. The summed E-state index contributed by atoms with van der Waals surface area (Å²) in [5.41, 5.74) is 1.96. The lowest BCUT2D eigenvalue weighted by Gasteiger charge is -2.31. The molecule has 2 aliphatic rings. The quantitative estimate of drug-likeness (QED) is 0.730. The van der Waals surface area contributed by atoms with E-state index in [2.05, 4.69) is 20.5 Å². The zero-order chi connectivity index (χ0) is 20.2. The summed E-state index contributed by atoms with van der Waals surface area (Å²) >= 11 is 0. The monoisotopic (exact) mass is 397 g/mol. The number of anilines is 1. The Hall–Kier alpha value is -2.90. The minimum absolute atomic E-state index is 0.0582. The molecule has 0 aliphatic carbocycles. The van der Waals surface area contributed by atoms with Gasteiger partial charge in [-0.2, -0.15) is 5.10 Å². The average molecular weight is 397 g/mol. The highest BCUT2D eigenvalue weighted by Gasteiger charge is 2.26. The van der Waals surface area contributed by atoms with E-state index in [0.717, 1.165) is 54.5 Å². The molecule has 8 heteroatoms. The molecule has 4 rings (SSSR count). The number of hydrogen-bond acceptors (Lipinski definition) is 5. The predicted octanol–water partition coefficient (Wildman–Crippen LogP) is 2.56. The van der Waals surface area contributed by atoms with E-state index < -0.39 is 0 Å². The number of ether oxygens (including phenoxy) is 1. The molecule has 1 saturated heterocycles. The van der Waals surface area contributed by atoms with E-state index in [9.17, 15) is 9.59 Å². The number of carbonyl (C=O) groups is 2. The summed E-state index contributed by atoms with van der Waals surface area (Å²) in [5.74, 6) is 2.84. The molecule has 3 heterocycles. The van der Waals surface area contributed by atoms with Crippen LogP contribution in [0.1, 0.15) is 55.2 Å². The van der Waals surface area contributed by atoms with E-state index in [1.54, 1.807) is 0 Å². The Morgan fingerprint density at radius 3 is 3.07 bits per heavy atom. The van der Waals surface area contributed by atoms with Crippen molar-refractivity contribution in [2.75, 3.05) is 25.0 Å². The molecule has 154 valence electrons. The maximum absolute atomic E-state index is 12.6. The third-order valence-corrected chi connectivity index (χ3v) is 5.53. The first-order valence-electron chi connectivity index (χ1n) is 10.3. The number of amides is 2. The Balaban J connectivity index is 1.22. The van der Waals surface area contributed by atoms with Crippen molar-refractivity contribution in [2.24, 2.45) is 0 Å². The number of aromatic amines is 1. The number of hydrogen-bond donors (Lipinski definition) is 2. The van der Waals surface area contributed by atoms with Gasteiger partial charge in [-0.15, -0.1) is 0 Å². The van der Waals surface area contributed by atoms with Crippen LogP contribution in [0.4, 0.5) is 5.69 Å². The van der Waals surface area contributed by atoms with Gasteiger partial charge < -0.3 is 15.0 Å². The largest absolute Gasteiger partial charge is 0.494 e. The molecule has 2 amide bonds. The van der Waals surface area contributed by atoms with Crippen LogP contribution in [0.15, 0.2) is 18.2 Å². The number of aromatic nitrogens is 3. The van der Waals surface area contributed by atoms with E-state index in [1.807, 2.05) is 30.0 Å². The lowest BCUT2D eigenvalue weighted by Crippen LogP contribution is -2.39. The Bertz CT molecular complexity index is 894. The first-order chi connectivity index (χ1) is 14.1. The Morgan fingerprint density at radius 2 is 2.24 bits per heavy atom. The topological polar surface area (TPSA) is 100 Å². The van der Waals surface area contributed by atoms with E-state index in [-0.39, 0.29) is 17.7 Å². The highest BCUT2D eigenvalue weighted by atomic mass is 16.5. The summed E-state index contributed by atoms with van der Waals surface area (Å²) in [5, 5.41) is 10.0. The normalized spacial score (nSPS) is 18.9. The average Bonchev–Trinajstić information content (AvgIpc) is 3.17. The summed E-state index contributed by atoms with van der Waals surface area (Å²) < 4.78 is 5.82. The van der Waals surface area contributed by atoms with Crippen LogP contribution in [0.2, 0.25) is 0 Å². The van der Waals surface area contributed by atoms with Gasteiger partial charge in [0.1, 0.15) is 11.6 Å². The second-order valence-corrected chi connectivity index (χ2v) is 7.78. The van der Waals surface area contributed by atoms with E-state index >= 15 is 0 Å². The van der Waals surface area contributed by atoms with Crippen LogP contribution in [0.5, 0.6) is 5.75 Å². The molecular formula is C21H27N5O3. The van der Waals surface area contributed by atoms with Gasteiger partial charge in [-0.1, -0.05) is 0 Å². The molecule has 2 aromatic rings. The smallest absolute Gasteiger partial charge is 0.224 e. The van der Waals surface area contributed by atoms with Gasteiger partial charge in [0.15, 0.2) is 5.82 Å². The third-order valence-electron chi connectivity index (χ3n) is 5.53. The van der Waals surface area contributed by atoms with E-state index in [0.29, 0.717) is 32.4 Å². The summed E-state index contributed by atoms with van der Waals surface area (Å²) in [4.78, 5) is 30.4. The molecule has 29 heavy (non-hydrogen) atoms. The second kappa shape index (κ2) is 8.63. The molecule has 2 N–H and O–H groups in total. The Labute approximate surface area is 170 Å². The molecule has 0 radical (unpaired) electrons. The van der Waals surface area contributed by atoms with Crippen LogP contribution in [0, 0.1) is 6.92 Å². The first kappa shape index (κ1) is 19.4. The molecular weight excluding hydrogens is 370 g/mol. The van der Waals surface area contributed by atoms with Gasteiger partial charge >= 0.3 is 0 Å². The summed E-state index contributed by atoms with van der Waals surface area (Å²) in [7, 11) is 0. The van der Waals surface area contributed by atoms with Gasteiger partial charge in [0.25, 0.3) is 0 Å². The minimum atomic E-state index is 0.0582. The standard InChI is InChI=1S/C21H27N5O3/c1-14-22-21(25-24-14)16-4-2-10-26(13-16)20(28)5-3-11-29-17-7-8-18-15(12-17)6-9-19(27)23-18/h7-8,12,16H,2-6,9-11,13H2,1H3,(H,23,27)(H,22,24,25)/t16-/m1/s1. The fourth-order valence-electron chi connectivity index (χ4n) is 3.98. The first-order valence-corrected chi connectivity index (χ1v) is 10.3. The second-order valence-electron chi connectivity index (χ2n) is 7.78. The number of nitrogens with zero attached hydrogens (tertiary/aromatic N) is 3. The van der Waals surface area contributed by atoms with E-state index in [4.69, 9.17) is 4.74 Å². The highest BCUT2D eigenvalue weighted by molar-refractivity contribution is 5.94. The van der Waals surface area contributed by atoms with Gasteiger partial charge in [0.2, 0.25) is 11.8 Å². The number of rotatable bonds is 6. The van der Waals surface area contributed by atoms with Crippen molar-refractivity contribution in [3.8, 4) is 5.75 Å². The molecule has 0 unspecified atom stereocenters. The third kappa shape index (κ3) is 4.75. The van der Waals surface area contributed by atoms with Crippen LogP contribution < -0.4 is 10.1 Å². The van der Waals surface area contributed by atoms with Crippen molar-refractivity contribution in [1.29, 1.82) is 0 Å². The number of benzene rings is 1. The van der Waals surface area contributed by atoms with Crippen LogP contribution in [0.25, 0.3) is 0 Å². The predicted molar refractivity (Wildman–Crippen MR) is 108 cm³/mol. The van der Waals surface area contributed by atoms with Gasteiger partial charge in [-0.3, -0.25) is 14.7 Å². The number of carbonyl (C=O) groups excluding carboxylic acids is 2. The molecule has 1 atom stereocenters. The van der Waals surface area contributed by atoms with Crippen molar-refractivity contribution >= 4 is 17.5 Å². The minimum Gasteiger partial charge on any atom is -0.494 e. The molecule has 8 nitrogen and oxygen atoms in total. The van der Waals surface area contributed by atoms with Crippen LogP contribution in [0.3, 0.4) is 0 Å². The maximum Gasteiger partial charge on any atom is 0.224 e. The molecule has 1 fully saturated rings. The SMILES string of the molecule is Cc1nc([C@@H]2CCCN(C(=O)CCCOc3ccc4c(c3)CCC(=O)N4)C2)n[nH]1. The molecule has 0 saturated carbocycles. The van der Waals surface area contributed by atoms with Crippen LogP contribution in [-0.2, 0) is 16.0 Å². The van der Waals surface area contributed by atoms with Crippen molar-refractivity contribution in [3.05, 3.63) is 35.4 Å². The lowest BCUT2D eigenvalue weighted by molar-refractivity contribution is -0.132. The Morgan fingerprint density at radius 1 is 1.34 bits per heavy atom. The van der Waals surface area contributed by atoms with Crippen molar-refractivity contribution in [3.63, 3.8) is 0 Å². The van der Waals surface area contributed by atoms with E-state index in [1.165, 1.54) is 0 Å². The van der Waals surface area contributed by atoms with Crippen molar-refractivity contribution < 1.29 is 14.3 Å². The highest BCUT2D eigenvalue weighted by Crippen LogP contribution is 2.27. The van der Waals surface area contributed by atoms with Crippen molar-refractivity contribution in [1.82, 2.24) is 20.1 Å².